The first-order valence-corrected chi connectivity index (χ1v) is 7.10. The summed E-state index contributed by atoms with van der Waals surface area (Å²) >= 11 is 0. The number of aromatic amines is 1. The van der Waals surface area contributed by atoms with Gasteiger partial charge in [0.25, 0.3) is 0 Å². The van der Waals surface area contributed by atoms with Crippen molar-refractivity contribution in [1.82, 2.24) is 9.97 Å². The van der Waals surface area contributed by atoms with Crippen molar-refractivity contribution in [2.75, 3.05) is 5.73 Å². The van der Waals surface area contributed by atoms with Gasteiger partial charge in [-0.3, -0.25) is 0 Å². The molecule has 2 aromatic heterocycles. The largest absolute Gasteiger partial charge is 0.494 e. The SMILES string of the molecule is Cc1ccc2[nH]c(O)c(-c3nc(N)cc4ccccc34)c2c1. The van der Waals surface area contributed by atoms with Crippen LogP contribution in [0.15, 0.2) is 48.5 Å². The molecule has 0 unspecified atom stereocenters. The van der Waals surface area contributed by atoms with E-state index in [1.54, 1.807) is 0 Å². The molecule has 0 fully saturated rings. The van der Waals surface area contributed by atoms with E-state index in [2.05, 4.69) is 9.97 Å². The minimum absolute atomic E-state index is 0.115. The average Bonchev–Trinajstić information content (AvgIpc) is 2.81. The van der Waals surface area contributed by atoms with E-state index in [0.29, 0.717) is 17.1 Å². The summed E-state index contributed by atoms with van der Waals surface area (Å²) in [6, 6.07) is 15.8. The lowest BCUT2D eigenvalue weighted by Crippen LogP contribution is -1.93. The first-order chi connectivity index (χ1) is 10.6. The number of aromatic nitrogens is 2. The Labute approximate surface area is 127 Å². The van der Waals surface area contributed by atoms with Crippen molar-refractivity contribution in [3.63, 3.8) is 0 Å². The molecule has 0 aliphatic rings. The van der Waals surface area contributed by atoms with Crippen LogP contribution in [0.4, 0.5) is 5.82 Å². The average molecular weight is 289 g/mol. The number of rotatable bonds is 1. The second kappa shape index (κ2) is 4.49. The van der Waals surface area contributed by atoms with E-state index in [4.69, 9.17) is 5.73 Å². The van der Waals surface area contributed by atoms with Gasteiger partial charge in [-0.25, -0.2) is 4.98 Å². The number of nitrogens with one attached hydrogen (secondary N) is 1. The van der Waals surface area contributed by atoms with Crippen LogP contribution in [0.3, 0.4) is 0 Å². The molecule has 0 radical (unpaired) electrons. The van der Waals surface area contributed by atoms with Crippen LogP contribution in [-0.4, -0.2) is 15.1 Å². The van der Waals surface area contributed by atoms with Crippen LogP contribution in [0.1, 0.15) is 5.56 Å². The van der Waals surface area contributed by atoms with Gasteiger partial charge < -0.3 is 15.8 Å². The normalized spacial score (nSPS) is 11.3. The smallest absolute Gasteiger partial charge is 0.199 e. The standard InChI is InChI=1S/C18H15N3O/c1-10-6-7-14-13(8-10)16(18(22)20-14)17-12-5-3-2-4-11(12)9-15(19)21-17/h2-9,20,22H,1H3,(H2,19,21). The zero-order valence-corrected chi connectivity index (χ0v) is 12.1. The highest BCUT2D eigenvalue weighted by Crippen LogP contribution is 2.39. The van der Waals surface area contributed by atoms with Gasteiger partial charge in [0.1, 0.15) is 5.82 Å². The number of anilines is 1. The monoisotopic (exact) mass is 289 g/mol. The number of aryl methyl sites for hydroxylation is 1. The molecule has 0 amide bonds. The highest BCUT2D eigenvalue weighted by atomic mass is 16.3. The summed E-state index contributed by atoms with van der Waals surface area (Å²) in [5.41, 5.74) is 9.35. The predicted molar refractivity (Wildman–Crippen MR) is 89.8 cm³/mol. The molecule has 0 aliphatic heterocycles. The topological polar surface area (TPSA) is 74.9 Å². The lowest BCUT2D eigenvalue weighted by Gasteiger charge is -2.07. The van der Waals surface area contributed by atoms with Crippen LogP contribution in [0.2, 0.25) is 0 Å². The maximum atomic E-state index is 10.4. The van der Waals surface area contributed by atoms with Gasteiger partial charge in [0, 0.05) is 16.3 Å². The third kappa shape index (κ3) is 1.81. The number of nitrogens with zero attached hydrogens (tertiary/aromatic N) is 1. The van der Waals surface area contributed by atoms with E-state index in [1.165, 1.54) is 0 Å². The molecule has 0 spiro atoms. The molecule has 22 heavy (non-hydrogen) atoms. The van der Waals surface area contributed by atoms with Gasteiger partial charge >= 0.3 is 0 Å². The third-order valence-electron chi connectivity index (χ3n) is 3.93. The fraction of sp³-hybridized carbons (Fsp3) is 0.0556. The van der Waals surface area contributed by atoms with Crippen LogP contribution in [0.5, 0.6) is 5.88 Å². The Morgan fingerprint density at radius 2 is 1.86 bits per heavy atom. The number of aromatic hydroxyl groups is 1. The van der Waals surface area contributed by atoms with Crippen LogP contribution < -0.4 is 5.73 Å². The molecule has 4 N–H and O–H groups in total. The van der Waals surface area contributed by atoms with Crippen LogP contribution in [0.25, 0.3) is 32.9 Å². The number of benzene rings is 2. The Bertz CT molecular complexity index is 1020. The van der Waals surface area contributed by atoms with Crippen molar-refractivity contribution >= 4 is 27.5 Å². The van der Waals surface area contributed by atoms with Crippen molar-refractivity contribution in [1.29, 1.82) is 0 Å². The molecule has 0 saturated carbocycles. The molecule has 2 aromatic carbocycles. The maximum Gasteiger partial charge on any atom is 0.199 e. The molecule has 4 rings (SSSR count). The number of H-pyrrole nitrogens is 1. The van der Waals surface area contributed by atoms with Crippen LogP contribution in [-0.2, 0) is 0 Å². The van der Waals surface area contributed by atoms with E-state index in [0.717, 1.165) is 27.2 Å². The van der Waals surface area contributed by atoms with Gasteiger partial charge in [0.15, 0.2) is 5.88 Å². The van der Waals surface area contributed by atoms with Gasteiger partial charge in [-0.2, -0.15) is 0 Å². The molecule has 0 aliphatic carbocycles. The summed E-state index contributed by atoms with van der Waals surface area (Å²) in [6.07, 6.45) is 0. The fourth-order valence-corrected chi connectivity index (χ4v) is 2.94. The number of pyridine rings is 1. The summed E-state index contributed by atoms with van der Waals surface area (Å²) in [4.78, 5) is 7.49. The lowest BCUT2D eigenvalue weighted by atomic mass is 10.0. The zero-order valence-electron chi connectivity index (χ0n) is 12.1. The summed E-state index contributed by atoms with van der Waals surface area (Å²) < 4.78 is 0. The second-order valence-corrected chi connectivity index (χ2v) is 5.51. The highest BCUT2D eigenvalue weighted by molar-refractivity contribution is 6.06. The second-order valence-electron chi connectivity index (χ2n) is 5.51. The molecule has 0 saturated heterocycles. The van der Waals surface area contributed by atoms with Gasteiger partial charge in [-0.05, 0) is 30.5 Å². The lowest BCUT2D eigenvalue weighted by molar-refractivity contribution is 0.460. The van der Waals surface area contributed by atoms with Gasteiger partial charge in [-0.1, -0.05) is 35.9 Å². The highest BCUT2D eigenvalue weighted by Gasteiger charge is 2.17. The number of nitrogen functional groups attached to an aromatic ring is 1. The maximum absolute atomic E-state index is 10.4. The summed E-state index contributed by atoms with van der Waals surface area (Å²) in [5, 5.41) is 13.3. The Balaban J connectivity index is 2.16. The van der Waals surface area contributed by atoms with E-state index in [-0.39, 0.29) is 5.88 Å². The van der Waals surface area contributed by atoms with Crippen molar-refractivity contribution in [3.8, 4) is 17.1 Å². The Kier molecular flexibility index (Phi) is 2.60. The van der Waals surface area contributed by atoms with Crippen molar-refractivity contribution in [3.05, 3.63) is 54.1 Å². The quantitative estimate of drug-likeness (QED) is 0.496. The minimum atomic E-state index is 0.115. The van der Waals surface area contributed by atoms with Gasteiger partial charge in [0.2, 0.25) is 0 Å². The van der Waals surface area contributed by atoms with E-state index in [1.807, 2.05) is 55.5 Å². The molecule has 2 heterocycles. The van der Waals surface area contributed by atoms with Crippen LogP contribution in [0, 0.1) is 6.92 Å². The fourth-order valence-electron chi connectivity index (χ4n) is 2.94. The van der Waals surface area contributed by atoms with Crippen molar-refractivity contribution < 1.29 is 5.11 Å². The van der Waals surface area contributed by atoms with Gasteiger partial charge in [-0.15, -0.1) is 0 Å². The zero-order chi connectivity index (χ0) is 15.3. The molecular weight excluding hydrogens is 274 g/mol. The number of nitrogens with two attached hydrogens (primary N) is 1. The Hall–Kier alpha value is -3.01. The molecule has 0 bridgehead atoms. The summed E-state index contributed by atoms with van der Waals surface area (Å²) in [5.74, 6) is 0.555. The molecule has 4 heteroatoms. The van der Waals surface area contributed by atoms with Crippen LogP contribution >= 0.6 is 0 Å². The molecule has 108 valence electrons. The first-order valence-electron chi connectivity index (χ1n) is 7.10. The van der Waals surface area contributed by atoms with E-state index in [9.17, 15) is 5.11 Å². The number of hydrogen-bond acceptors (Lipinski definition) is 3. The van der Waals surface area contributed by atoms with E-state index >= 15 is 0 Å². The first kappa shape index (κ1) is 12.7. The molecule has 4 nitrogen and oxygen atoms in total. The summed E-state index contributed by atoms with van der Waals surface area (Å²) in [6.45, 7) is 2.03. The van der Waals surface area contributed by atoms with Crippen molar-refractivity contribution in [2.45, 2.75) is 6.92 Å². The van der Waals surface area contributed by atoms with E-state index < -0.39 is 0 Å². The molecular formula is C18H15N3O. The predicted octanol–water partition coefficient (Wildman–Crippen LogP) is 3.98. The summed E-state index contributed by atoms with van der Waals surface area (Å²) in [7, 11) is 0. The minimum Gasteiger partial charge on any atom is -0.494 e. The Morgan fingerprint density at radius 1 is 1.05 bits per heavy atom. The molecule has 0 atom stereocenters. The third-order valence-corrected chi connectivity index (χ3v) is 3.93. The Morgan fingerprint density at radius 3 is 2.73 bits per heavy atom. The molecule has 4 aromatic rings. The van der Waals surface area contributed by atoms with Crippen molar-refractivity contribution in [2.24, 2.45) is 0 Å². The van der Waals surface area contributed by atoms with Gasteiger partial charge in [0.05, 0.1) is 11.3 Å². The number of hydrogen-bond donors (Lipinski definition) is 3. The number of fused-ring (bicyclic) bond motifs is 2.